The number of hydrogen-bond acceptors (Lipinski definition) is 4. The highest BCUT2D eigenvalue weighted by atomic mass is 32.1. The quantitative estimate of drug-likeness (QED) is 0.665. The molecule has 0 radical (unpaired) electrons. The van der Waals surface area contributed by atoms with E-state index in [-0.39, 0.29) is 24.1 Å². The summed E-state index contributed by atoms with van der Waals surface area (Å²) in [6.07, 6.45) is 3.21. The largest absolute Gasteiger partial charge is 0.273 e. The molecule has 142 valence electrons. The molecule has 0 atom stereocenters. The molecule has 0 bridgehead atoms. The van der Waals surface area contributed by atoms with Gasteiger partial charge < -0.3 is 0 Å². The van der Waals surface area contributed by atoms with Crippen LogP contribution in [0, 0.1) is 5.82 Å². The molecule has 0 fully saturated rings. The minimum absolute atomic E-state index is 0.0438. The minimum atomic E-state index is -0.356. The minimum Gasteiger partial charge on any atom is -0.273 e. The van der Waals surface area contributed by atoms with Crippen LogP contribution in [0.3, 0.4) is 0 Å². The summed E-state index contributed by atoms with van der Waals surface area (Å²) >= 11 is 1.38. The van der Waals surface area contributed by atoms with Gasteiger partial charge in [0, 0.05) is 16.5 Å². The topological polar surface area (TPSA) is 71.1 Å². The van der Waals surface area contributed by atoms with E-state index in [0.29, 0.717) is 16.3 Å². The number of nitrogens with one attached hydrogen (secondary N) is 2. The number of fused-ring (bicyclic) bond motifs is 1. The summed E-state index contributed by atoms with van der Waals surface area (Å²) in [5, 5.41) is 2.49. The van der Waals surface area contributed by atoms with Gasteiger partial charge in [0.05, 0.1) is 12.1 Å². The first-order valence-electron chi connectivity index (χ1n) is 9.00. The van der Waals surface area contributed by atoms with Crippen molar-refractivity contribution in [2.24, 2.45) is 0 Å². The van der Waals surface area contributed by atoms with Gasteiger partial charge in [0.2, 0.25) is 5.91 Å². The van der Waals surface area contributed by atoms with Crippen LogP contribution < -0.4 is 10.9 Å². The van der Waals surface area contributed by atoms with Crippen LogP contribution in [-0.2, 0) is 24.1 Å². The summed E-state index contributed by atoms with van der Waals surface area (Å²) in [6, 6.07) is 11.7. The Morgan fingerprint density at radius 3 is 2.64 bits per heavy atom. The number of thiazole rings is 1. The number of nitrogens with zero attached hydrogens (tertiary/aromatic N) is 1. The second kappa shape index (κ2) is 7.90. The number of carbonyl (C=O) groups excluding carboxylic acids is 2. The van der Waals surface area contributed by atoms with Gasteiger partial charge in [-0.25, -0.2) is 9.37 Å². The van der Waals surface area contributed by atoms with Crippen molar-refractivity contribution in [2.45, 2.75) is 25.7 Å². The number of amides is 2. The standard InChI is InChI=1S/C21H18FN3O2S/c22-17-8-6-14(7-9-17)21-23-18(12-28-21)11-19(26)24-25-20(27)16-5-4-13-2-1-3-15(13)10-16/h4-10,12H,1-3,11H2,(H,24,26)(H,25,27). The SMILES string of the molecule is O=C(Cc1csc(-c2ccc(F)cc2)n1)NNC(=O)c1ccc2c(c1)CCC2. The van der Waals surface area contributed by atoms with E-state index >= 15 is 0 Å². The summed E-state index contributed by atoms with van der Waals surface area (Å²) in [6.45, 7) is 0. The molecule has 4 rings (SSSR count). The van der Waals surface area contributed by atoms with Crippen LogP contribution in [0.15, 0.2) is 47.8 Å². The van der Waals surface area contributed by atoms with E-state index in [9.17, 15) is 14.0 Å². The second-order valence-electron chi connectivity index (χ2n) is 6.67. The molecule has 0 spiro atoms. The fraction of sp³-hybridized carbons (Fsp3) is 0.190. The zero-order valence-electron chi connectivity index (χ0n) is 15.0. The number of benzene rings is 2. The lowest BCUT2D eigenvalue weighted by atomic mass is 10.1. The summed E-state index contributed by atoms with van der Waals surface area (Å²) < 4.78 is 13.0. The molecule has 7 heteroatoms. The predicted molar refractivity (Wildman–Crippen MR) is 105 cm³/mol. The Balaban J connectivity index is 1.32. The van der Waals surface area contributed by atoms with E-state index in [2.05, 4.69) is 15.8 Å². The third-order valence-electron chi connectivity index (χ3n) is 4.66. The third kappa shape index (κ3) is 4.09. The highest BCUT2D eigenvalue weighted by Gasteiger charge is 2.15. The Kier molecular flexibility index (Phi) is 5.16. The maximum atomic E-state index is 13.0. The Morgan fingerprint density at radius 1 is 1.04 bits per heavy atom. The van der Waals surface area contributed by atoms with E-state index in [1.54, 1.807) is 23.6 Å². The van der Waals surface area contributed by atoms with Gasteiger partial charge in [0.15, 0.2) is 0 Å². The van der Waals surface area contributed by atoms with E-state index in [0.717, 1.165) is 24.8 Å². The lowest BCUT2D eigenvalue weighted by molar-refractivity contribution is -0.121. The van der Waals surface area contributed by atoms with Gasteiger partial charge >= 0.3 is 0 Å². The second-order valence-corrected chi connectivity index (χ2v) is 7.53. The summed E-state index contributed by atoms with van der Waals surface area (Å²) in [7, 11) is 0. The van der Waals surface area contributed by atoms with E-state index < -0.39 is 0 Å². The van der Waals surface area contributed by atoms with Crippen LogP contribution >= 0.6 is 11.3 Å². The normalized spacial score (nSPS) is 12.5. The van der Waals surface area contributed by atoms with Crippen molar-refractivity contribution in [1.29, 1.82) is 0 Å². The molecule has 0 aliphatic heterocycles. The molecule has 2 aromatic carbocycles. The van der Waals surface area contributed by atoms with Gasteiger partial charge in [-0.05, 0) is 66.8 Å². The fourth-order valence-corrected chi connectivity index (χ4v) is 4.06. The van der Waals surface area contributed by atoms with Gasteiger partial charge in [-0.3, -0.25) is 20.4 Å². The average Bonchev–Trinajstić information content (AvgIpc) is 3.35. The molecule has 28 heavy (non-hydrogen) atoms. The third-order valence-corrected chi connectivity index (χ3v) is 5.60. The smallest absolute Gasteiger partial charge is 0.269 e. The van der Waals surface area contributed by atoms with E-state index in [1.807, 2.05) is 12.1 Å². The Hall–Kier alpha value is -3.06. The summed E-state index contributed by atoms with van der Waals surface area (Å²) in [5.74, 6) is -1.00. The maximum Gasteiger partial charge on any atom is 0.269 e. The van der Waals surface area contributed by atoms with Gasteiger partial charge in [0.1, 0.15) is 10.8 Å². The molecular formula is C21H18FN3O2S. The number of halogens is 1. The lowest BCUT2D eigenvalue weighted by Gasteiger charge is -2.08. The molecular weight excluding hydrogens is 377 g/mol. The zero-order valence-corrected chi connectivity index (χ0v) is 15.8. The number of hydrazine groups is 1. The van der Waals surface area contributed by atoms with Crippen molar-refractivity contribution < 1.29 is 14.0 Å². The Bertz CT molecular complexity index is 1030. The van der Waals surface area contributed by atoms with Crippen LogP contribution in [0.4, 0.5) is 4.39 Å². The van der Waals surface area contributed by atoms with Crippen molar-refractivity contribution in [3.8, 4) is 10.6 Å². The predicted octanol–water partition coefficient (Wildman–Crippen LogP) is 3.44. The van der Waals surface area contributed by atoms with Crippen molar-refractivity contribution >= 4 is 23.2 Å². The fourth-order valence-electron chi connectivity index (χ4n) is 3.23. The first-order valence-corrected chi connectivity index (χ1v) is 9.88. The molecule has 0 unspecified atom stereocenters. The highest BCUT2D eigenvalue weighted by molar-refractivity contribution is 7.13. The molecule has 1 heterocycles. The van der Waals surface area contributed by atoms with Crippen LogP contribution in [0.5, 0.6) is 0 Å². The van der Waals surface area contributed by atoms with Crippen LogP contribution in [0.25, 0.3) is 10.6 Å². The highest BCUT2D eigenvalue weighted by Crippen LogP contribution is 2.24. The van der Waals surface area contributed by atoms with Crippen LogP contribution in [0.1, 0.15) is 33.6 Å². The number of rotatable bonds is 4. The van der Waals surface area contributed by atoms with Crippen molar-refractivity contribution in [1.82, 2.24) is 15.8 Å². The maximum absolute atomic E-state index is 13.0. The number of aryl methyl sites for hydroxylation is 2. The van der Waals surface area contributed by atoms with Crippen molar-refractivity contribution in [3.63, 3.8) is 0 Å². The number of aromatic nitrogens is 1. The molecule has 0 saturated carbocycles. The number of hydrogen-bond donors (Lipinski definition) is 2. The van der Waals surface area contributed by atoms with Crippen molar-refractivity contribution in [3.05, 3.63) is 76.0 Å². The molecule has 2 amide bonds. The first-order chi connectivity index (χ1) is 13.6. The van der Waals surface area contributed by atoms with Crippen LogP contribution in [0.2, 0.25) is 0 Å². The van der Waals surface area contributed by atoms with Gasteiger partial charge in [-0.2, -0.15) is 0 Å². The molecule has 2 N–H and O–H groups in total. The van der Waals surface area contributed by atoms with E-state index in [4.69, 9.17) is 0 Å². The van der Waals surface area contributed by atoms with E-state index in [1.165, 1.54) is 34.6 Å². The monoisotopic (exact) mass is 395 g/mol. The van der Waals surface area contributed by atoms with Crippen LogP contribution in [-0.4, -0.2) is 16.8 Å². The summed E-state index contributed by atoms with van der Waals surface area (Å²) in [5.41, 5.74) is 9.30. The summed E-state index contributed by atoms with van der Waals surface area (Å²) in [4.78, 5) is 28.8. The lowest BCUT2D eigenvalue weighted by Crippen LogP contribution is -2.42. The molecule has 5 nitrogen and oxygen atoms in total. The van der Waals surface area contributed by atoms with Gasteiger partial charge in [0.25, 0.3) is 5.91 Å². The zero-order chi connectivity index (χ0) is 19.5. The Morgan fingerprint density at radius 2 is 1.82 bits per heavy atom. The molecule has 1 aliphatic carbocycles. The van der Waals surface area contributed by atoms with Crippen molar-refractivity contribution in [2.75, 3.05) is 0 Å². The van der Waals surface area contributed by atoms with Gasteiger partial charge in [-0.15, -0.1) is 11.3 Å². The average molecular weight is 395 g/mol. The molecule has 1 aromatic heterocycles. The Labute approximate surface area is 165 Å². The number of carbonyl (C=O) groups is 2. The van der Waals surface area contributed by atoms with Gasteiger partial charge in [-0.1, -0.05) is 6.07 Å². The molecule has 0 saturated heterocycles. The molecule has 3 aromatic rings. The molecule has 1 aliphatic rings. The first kappa shape index (κ1) is 18.3.